The van der Waals surface area contributed by atoms with Gasteiger partial charge in [-0.3, -0.25) is 14.5 Å². The van der Waals surface area contributed by atoms with Crippen LogP contribution in [0.1, 0.15) is 5.56 Å². The van der Waals surface area contributed by atoms with Crippen molar-refractivity contribution in [3.63, 3.8) is 0 Å². The lowest BCUT2D eigenvalue weighted by atomic mass is 10.3. The first-order valence-corrected chi connectivity index (χ1v) is 3.84. The van der Waals surface area contributed by atoms with Crippen LogP contribution in [-0.2, 0) is 6.54 Å². The van der Waals surface area contributed by atoms with Crippen molar-refractivity contribution in [1.29, 1.82) is 0 Å². The molecule has 2 aromatic rings. The number of aromatic nitrogens is 4. The minimum Gasteiger partial charge on any atom is -0.295 e. The van der Waals surface area contributed by atoms with Crippen LogP contribution in [0.15, 0.2) is 35.8 Å². The Hall–Kier alpha value is -1.91. The number of hydrogen-bond donors (Lipinski definition) is 1. The molecule has 0 aliphatic rings. The second kappa shape index (κ2) is 3.22. The largest absolute Gasteiger partial charge is 0.295 e. The Morgan fingerprint density at radius 3 is 3.15 bits per heavy atom. The maximum Gasteiger partial charge on any atom is 0.253 e. The van der Waals surface area contributed by atoms with Gasteiger partial charge in [-0.1, -0.05) is 0 Å². The van der Waals surface area contributed by atoms with E-state index in [9.17, 15) is 4.79 Å². The summed E-state index contributed by atoms with van der Waals surface area (Å²) in [7, 11) is 0. The van der Waals surface area contributed by atoms with Gasteiger partial charge in [-0.25, -0.2) is 4.98 Å². The fourth-order valence-corrected chi connectivity index (χ4v) is 1.06. The Bertz CT molecular complexity index is 431. The quantitative estimate of drug-likeness (QED) is 0.701. The molecular weight excluding hydrogens is 168 g/mol. The number of rotatable bonds is 2. The van der Waals surface area contributed by atoms with Crippen molar-refractivity contribution >= 4 is 0 Å². The Morgan fingerprint density at radius 2 is 2.46 bits per heavy atom. The maximum atomic E-state index is 11.2. The van der Waals surface area contributed by atoms with E-state index >= 15 is 0 Å². The molecule has 2 aromatic heterocycles. The van der Waals surface area contributed by atoms with E-state index < -0.39 is 0 Å². The van der Waals surface area contributed by atoms with Crippen LogP contribution in [0.5, 0.6) is 0 Å². The van der Waals surface area contributed by atoms with Crippen LogP contribution in [-0.4, -0.2) is 19.7 Å². The first-order chi connectivity index (χ1) is 6.36. The highest BCUT2D eigenvalue weighted by Crippen LogP contribution is 1.94. The van der Waals surface area contributed by atoms with Gasteiger partial charge in [0.2, 0.25) is 0 Å². The molecule has 0 radical (unpaired) electrons. The molecule has 0 unspecified atom stereocenters. The monoisotopic (exact) mass is 176 g/mol. The molecule has 5 heteroatoms. The summed E-state index contributed by atoms with van der Waals surface area (Å²) in [6.45, 7) is 0.503. The number of hydrogen-bond acceptors (Lipinski definition) is 3. The van der Waals surface area contributed by atoms with Gasteiger partial charge in [0.05, 0.1) is 19.1 Å². The molecular formula is C8H8N4O. The Labute approximate surface area is 74.1 Å². The molecule has 0 aliphatic heterocycles. The van der Waals surface area contributed by atoms with E-state index in [1.165, 1.54) is 23.2 Å². The molecule has 0 atom stereocenters. The van der Waals surface area contributed by atoms with Crippen molar-refractivity contribution in [3.8, 4) is 0 Å². The highest BCUT2D eigenvalue weighted by atomic mass is 16.1. The lowest BCUT2D eigenvalue weighted by Gasteiger charge is -1.99. The normalized spacial score (nSPS) is 10.2. The summed E-state index contributed by atoms with van der Waals surface area (Å²) in [5.74, 6) is 0. The predicted octanol–water partition coefficient (Wildman–Crippen LogP) is 0.0147. The molecule has 0 amide bonds. The molecule has 5 nitrogen and oxygen atoms in total. The molecule has 0 fully saturated rings. The van der Waals surface area contributed by atoms with E-state index in [4.69, 9.17) is 0 Å². The van der Waals surface area contributed by atoms with Gasteiger partial charge in [0.15, 0.2) is 0 Å². The minimum absolute atomic E-state index is 0.0591. The molecule has 0 saturated heterocycles. The van der Waals surface area contributed by atoms with Gasteiger partial charge in [-0.15, -0.1) is 0 Å². The average molecular weight is 176 g/mol. The van der Waals surface area contributed by atoms with Gasteiger partial charge in [0.25, 0.3) is 5.56 Å². The first kappa shape index (κ1) is 7.72. The van der Waals surface area contributed by atoms with E-state index in [1.54, 1.807) is 12.4 Å². The van der Waals surface area contributed by atoms with Crippen molar-refractivity contribution in [1.82, 2.24) is 19.7 Å². The van der Waals surface area contributed by atoms with E-state index in [2.05, 4.69) is 15.2 Å². The Morgan fingerprint density at radius 1 is 1.54 bits per heavy atom. The second-order valence-electron chi connectivity index (χ2n) is 2.65. The van der Waals surface area contributed by atoms with Gasteiger partial charge in [-0.2, -0.15) is 5.10 Å². The zero-order valence-electron chi connectivity index (χ0n) is 6.84. The summed E-state index contributed by atoms with van der Waals surface area (Å²) in [6.07, 6.45) is 6.42. The molecule has 0 spiro atoms. The van der Waals surface area contributed by atoms with Crippen molar-refractivity contribution in [2.75, 3.05) is 0 Å². The number of aromatic amines is 1. The lowest BCUT2D eigenvalue weighted by molar-refractivity contribution is 0.736. The standard InChI is InChI=1S/C8H8N4O/c13-8-1-2-9-6-12(8)5-7-3-10-11-4-7/h1-4,6H,5H2,(H,10,11). The first-order valence-electron chi connectivity index (χ1n) is 3.84. The van der Waals surface area contributed by atoms with Gasteiger partial charge < -0.3 is 0 Å². The summed E-state index contributed by atoms with van der Waals surface area (Å²) >= 11 is 0. The molecule has 2 heterocycles. The fourth-order valence-electron chi connectivity index (χ4n) is 1.06. The van der Waals surface area contributed by atoms with Crippen molar-refractivity contribution in [2.24, 2.45) is 0 Å². The van der Waals surface area contributed by atoms with E-state index in [0.29, 0.717) is 6.54 Å². The van der Waals surface area contributed by atoms with Crippen LogP contribution >= 0.6 is 0 Å². The number of nitrogens with zero attached hydrogens (tertiary/aromatic N) is 3. The van der Waals surface area contributed by atoms with Gasteiger partial charge in [-0.05, 0) is 0 Å². The van der Waals surface area contributed by atoms with Crippen LogP contribution in [0.3, 0.4) is 0 Å². The van der Waals surface area contributed by atoms with Crippen LogP contribution in [0.25, 0.3) is 0 Å². The third-order valence-corrected chi connectivity index (χ3v) is 1.70. The Balaban J connectivity index is 2.29. The summed E-state index contributed by atoms with van der Waals surface area (Å²) in [5.41, 5.74) is 0.895. The van der Waals surface area contributed by atoms with Gasteiger partial charge in [0.1, 0.15) is 0 Å². The highest BCUT2D eigenvalue weighted by molar-refractivity contribution is 5.03. The molecule has 1 N–H and O–H groups in total. The minimum atomic E-state index is -0.0591. The molecule has 13 heavy (non-hydrogen) atoms. The van der Waals surface area contributed by atoms with E-state index in [1.807, 2.05) is 0 Å². The van der Waals surface area contributed by atoms with Crippen molar-refractivity contribution in [3.05, 3.63) is 46.9 Å². The molecule has 0 aliphatic carbocycles. The molecule has 0 saturated carbocycles. The number of H-pyrrole nitrogens is 1. The smallest absolute Gasteiger partial charge is 0.253 e. The summed E-state index contributed by atoms with van der Waals surface area (Å²) in [5, 5.41) is 6.47. The van der Waals surface area contributed by atoms with E-state index in [0.717, 1.165) is 5.56 Å². The Kier molecular flexibility index (Phi) is 1.91. The topological polar surface area (TPSA) is 63.6 Å². The fraction of sp³-hybridized carbons (Fsp3) is 0.125. The van der Waals surface area contributed by atoms with Crippen LogP contribution < -0.4 is 5.56 Å². The molecule has 66 valence electrons. The summed E-state index contributed by atoms with van der Waals surface area (Å²) < 4.78 is 1.52. The van der Waals surface area contributed by atoms with Crippen LogP contribution in [0.4, 0.5) is 0 Å². The van der Waals surface area contributed by atoms with Crippen molar-refractivity contribution in [2.45, 2.75) is 6.54 Å². The molecule has 0 bridgehead atoms. The third kappa shape index (κ3) is 1.64. The zero-order valence-corrected chi connectivity index (χ0v) is 6.84. The average Bonchev–Trinajstić information content (AvgIpc) is 2.61. The van der Waals surface area contributed by atoms with Crippen LogP contribution in [0.2, 0.25) is 0 Å². The molecule has 0 aromatic carbocycles. The maximum absolute atomic E-state index is 11.2. The van der Waals surface area contributed by atoms with Crippen LogP contribution in [0, 0.1) is 0 Å². The SMILES string of the molecule is O=c1ccncn1Cc1cn[nH]c1. The molecule has 2 rings (SSSR count). The highest BCUT2D eigenvalue weighted by Gasteiger charge is 1.96. The van der Waals surface area contributed by atoms with Crippen molar-refractivity contribution < 1.29 is 0 Å². The third-order valence-electron chi connectivity index (χ3n) is 1.70. The zero-order chi connectivity index (χ0) is 9.10. The van der Waals surface area contributed by atoms with E-state index in [-0.39, 0.29) is 5.56 Å². The summed E-state index contributed by atoms with van der Waals surface area (Å²) in [4.78, 5) is 15.1. The summed E-state index contributed by atoms with van der Waals surface area (Å²) in [6, 6.07) is 1.43. The number of nitrogens with one attached hydrogen (secondary N) is 1. The lowest BCUT2D eigenvalue weighted by Crippen LogP contribution is -2.18. The second-order valence-corrected chi connectivity index (χ2v) is 2.65. The predicted molar refractivity (Wildman–Crippen MR) is 46.2 cm³/mol. The van der Waals surface area contributed by atoms with Gasteiger partial charge >= 0.3 is 0 Å². The van der Waals surface area contributed by atoms with Gasteiger partial charge in [0, 0.05) is 24.0 Å².